The molecule has 4 nitrogen and oxygen atoms in total. The summed E-state index contributed by atoms with van der Waals surface area (Å²) in [5, 5.41) is 6.83. The molecular formula is C19H18N2O2. The van der Waals surface area contributed by atoms with E-state index in [-0.39, 0.29) is 12.3 Å². The first-order valence-corrected chi connectivity index (χ1v) is 7.49. The summed E-state index contributed by atoms with van der Waals surface area (Å²) in [6.45, 7) is 4.04. The number of anilines is 1. The zero-order valence-electron chi connectivity index (χ0n) is 13.2. The summed E-state index contributed by atoms with van der Waals surface area (Å²) in [5.74, 6) is 0.556. The number of benzene rings is 2. The third-order valence-corrected chi connectivity index (χ3v) is 3.57. The Labute approximate surface area is 135 Å². The number of rotatable bonds is 4. The van der Waals surface area contributed by atoms with Crippen molar-refractivity contribution in [1.29, 1.82) is 0 Å². The average molecular weight is 306 g/mol. The Bertz CT molecular complexity index is 802. The number of aromatic nitrogens is 1. The van der Waals surface area contributed by atoms with E-state index in [4.69, 9.17) is 4.52 Å². The van der Waals surface area contributed by atoms with Crippen LogP contribution in [0.3, 0.4) is 0 Å². The summed E-state index contributed by atoms with van der Waals surface area (Å²) in [6.07, 6.45) is 0.184. The molecule has 0 aliphatic heterocycles. The Balaban J connectivity index is 1.65. The summed E-state index contributed by atoms with van der Waals surface area (Å²) < 4.78 is 5.33. The van der Waals surface area contributed by atoms with Crippen LogP contribution in [0.15, 0.2) is 59.1 Å². The van der Waals surface area contributed by atoms with E-state index in [1.807, 2.05) is 62.4 Å². The molecule has 0 radical (unpaired) electrons. The summed E-state index contributed by atoms with van der Waals surface area (Å²) in [4.78, 5) is 12.1. The summed E-state index contributed by atoms with van der Waals surface area (Å²) >= 11 is 0. The molecule has 2 aromatic carbocycles. The van der Waals surface area contributed by atoms with Crippen LogP contribution in [0, 0.1) is 13.8 Å². The van der Waals surface area contributed by atoms with Gasteiger partial charge >= 0.3 is 0 Å². The normalized spacial score (nSPS) is 10.5. The van der Waals surface area contributed by atoms with Gasteiger partial charge < -0.3 is 9.84 Å². The zero-order chi connectivity index (χ0) is 16.2. The van der Waals surface area contributed by atoms with Gasteiger partial charge in [-0.3, -0.25) is 4.79 Å². The van der Waals surface area contributed by atoms with E-state index >= 15 is 0 Å². The van der Waals surface area contributed by atoms with Crippen LogP contribution >= 0.6 is 0 Å². The molecular weight excluding hydrogens is 288 g/mol. The SMILES string of the molecule is Cc1ccc(NC(=O)Cc2cc(-c3ccc(C)cc3)on2)cc1. The van der Waals surface area contributed by atoms with Crippen LogP contribution in [0.25, 0.3) is 11.3 Å². The van der Waals surface area contributed by atoms with Crippen molar-refractivity contribution in [2.45, 2.75) is 20.3 Å². The van der Waals surface area contributed by atoms with Gasteiger partial charge in [-0.05, 0) is 26.0 Å². The molecule has 0 spiro atoms. The number of amides is 1. The lowest BCUT2D eigenvalue weighted by Crippen LogP contribution is -2.14. The molecule has 0 fully saturated rings. The monoisotopic (exact) mass is 306 g/mol. The van der Waals surface area contributed by atoms with E-state index in [1.54, 1.807) is 6.07 Å². The van der Waals surface area contributed by atoms with E-state index in [0.29, 0.717) is 11.5 Å². The molecule has 0 aliphatic rings. The molecule has 23 heavy (non-hydrogen) atoms. The molecule has 1 N–H and O–H groups in total. The van der Waals surface area contributed by atoms with Crippen molar-refractivity contribution in [2.24, 2.45) is 0 Å². The largest absolute Gasteiger partial charge is 0.356 e. The molecule has 4 heteroatoms. The molecule has 1 amide bonds. The predicted octanol–water partition coefficient (Wildman–Crippen LogP) is 4.14. The molecule has 3 rings (SSSR count). The van der Waals surface area contributed by atoms with Gasteiger partial charge in [0.05, 0.1) is 12.1 Å². The molecule has 0 unspecified atom stereocenters. The van der Waals surface area contributed by atoms with Crippen LogP contribution < -0.4 is 5.32 Å². The minimum absolute atomic E-state index is 0.113. The fraction of sp³-hybridized carbons (Fsp3) is 0.158. The van der Waals surface area contributed by atoms with Gasteiger partial charge in [-0.2, -0.15) is 0 Å². The van der Waals surface area contributed by atoms with Crippen molar-refractivity contribution in [3.8, 4) is 11.3 Å². The van der Waals surface area contributed by atoms with E-state index in [9.17, 15) is 4.79 Å². The molecule has 3 aromatic rings. The fourth-order valence-corrected chi connectivity index (χ4v) is 2.26. The minimum atomic E-state index is -0.113. The molecule has 0 saturated heterocycles. The number of carbonyl (C=O) groups excluding carboxylic acids is 1. The first kappa shape index (κ1) is 15.0. The number of hydrogen-bond acceptors (Lipinski definition) is 3. The Hall–Kier alpha value is -2.88. The van der Waals surface area contributed by atoms with Crippen LogP contribution in [0.1, 0.15) is 16.8 Å². The van der Waals surface area contributed by atoms with Gasteiger partial charge in [0, 0.05) is 17.3 Å². The lowest BCUT2D eigenvalue weighted by molar-refractivity contribution is -0.115. The number of nitrogens with one attached hydrogen (secondary N) is 1. The summed E-state index contributed by atoms with van der Waals surface area (Å²) in [6, 6.07) is 17.5. The van der Waals surface area contributed by atoms with Gasteiger partial charge in [0.2, 0.25) is 5.91 Å². The number of carbonyl (C=O) groups is 1. The van der Waals surface area contributed by atoms with Crippen molar-refractivity contribution < 1.29 is 9.32 Å². The first-order chi connectivity index (χ1) is 11.1. The fourth-order valence-electron chi connectivity index (χ4n) is 2.26. The van der Waals surface area contributed by atoms with E-state index in [2.05, 4.69) is 10.5 Å². The number of nitrogens with zero attached hydrogens (tertiary/aromatic N) is 1. The summed E-state index contributed by atoms with van der Waals surface area (Å²) in [5.41, 5.74) is 4.69. The Morgan fingerprint density at radius 3 is 2.26 bits per heavy atom. The molecule has 0 atom stereocenters. The summed E-state index contributed by atoms with van der Waals surface area (Å²) in [7, 11) is 0. The third-order valence-electron chi connectivity index (χ3n) is 3.57. The van der Waals surface area contributed by atoms with Crippen LogP contribution in [0.2, 0.25) is 0 Å². The van der Waals surface area contributed by atoms with E-state index in [1.165, 1.54) is 5.56 Å². The number of hydrogen-bond donors (Lipinski definition) is 1. The van der Waals surface area contributed by atoms with E-state index in [0.717, 1.165) is 16.8 Å². The lowest BCUT2D eigenvalue weighted by atomic mass is 10.1. The van der Waals surface area contributed by atoms with Gasteiger partial charge in [0.25, 0.3) is 0 Å². The molecule has 0 saturated carbocycles. The van der Waals surface area contributed by atoms with Crippen molar-refractivity contribution >= 4 is 11.6 Å². The topological polar surface area (TPSA) is 55.1 Å². The van der Waals surface area contributed by atoms with Crippen LogP contribution in [-0.4, -0.2) is 11.1 Å². The highest BCUT2D eigenvalue weighted by Crippen LogP contribution is 2.21. The van der Waals surface area contributed by atoms with Crippen LogP contribution in [0.4, 0.5) is 5.69 Å². The van der Waals surface area contributed by atoms with Crippen molar-refractivity contribution in [2.75, 3.05) is 5.32 Å². The second kappa shape index (κ2) is 6.48. The van der Waals surface area contributed by atoms with E-state index < -0.39 is 0 Å². The zero-order valence-corrected chi connectivity index (χ0v) is 13.2. The Morgan fingerprint density at radius 2 is 1.61 bits per heavy atom. The molecule has 1 heterocycles. The average Bonchev–Trinajstić information content (AvgIpc) is 2.98. The maximum atomic E-state index is 12.1. The van der Waals surface area contributed by atoms with Gasteiger partial charge in [0.15, 0.2) is 5.76 Å². The quantitative estimate of drug-likeness (QED) is 0.788. The maximum absolute atomic E-state index is 12.1. The van der Waals surface area contributed by atoms with Crippen molar-refractivity contribution in [3.63, 3.8) is 0 Å². The maximum Gasteiger partial charge on any atom is 0.230 e. The van der Waals surface area contributed by atoms with Gasteiger partial charge in [-0.1, -0.05) is 52.7 Å². The Morgan fingerprint density at radius 1 is 1.00 bits per heavy atom. The van der Waals surface area contributed by atoms with Gasteiger partial charge in [-0.25, -0.2) is 0 Å². The Kier molecular flexibility index (Phi) is 4.24. The van der Waals surface area contributed by atoms with Crippen molar-refractivity contribution in [3.05, 3.63) is 71.4 Å². The second-order valence-corrected chi connectivity index (χ2v) is 5.64. The smallest absolute Gasteiger partial charge is 0.230 e. The van der Waals surface area contributed by atoms with Crippen LogP contribution in [-0.2, 0) is 11.2 Å². The highest BCUT2D eigenvalue weighted by molar-refractivity contribution is 5.92. The van der Waals surface area contributed by atoms with Gasteiger partial charge in [-0.15, -0.1) is 0 Å². The van der Waals surface area contributed by atoms with Crippen molar-refractivity contribution in [1.82, 2.24) is 5.16 Å². The highest BCUT2D eigenvalue weighted by Gasteiger charge is 2.11. The molecule has 0 bridgehead atoms. The van der Waals surface area contributed by atoms with Crippen LogP contribution in [0.5, 0.6) is 0 Å². The lowest BCUT2D eigenvalue weighted by Gasteiger charge is -2.03. The highest BCUT2D eigenvalue weighted by atomic mass is 16.5. The molecule has 0 aliphatic carbocycles. The third kappa shape index (κ3) is 3.86. The molecule has 116 valence electrons. The van der Waals surface area contributed by atoms with Gasteiger partial charge in [0.1, 0.15) is 0 Å². The number of aryl methyl sites for hydroxylation is 2. The predicted molar refractivity (Wildman–Crippen MR) is 90.2 cm³/mol. The second-order valence-electron chi connectivity index (χ2n) is 5.64. The first-order valence-electron chi connectivity index (χ1n) is 7.49. The standard InChI is InChI=1S/C19H18N2O2/c1-13-3-7-15(8-4-13)18-11-17(21-23-18)12-19(22)20-16-9-5-14(2)6-10-16/h3-11H,12H2,1-2H3,(H,20,22). The minimum Gasteiger partial charge on any atom is -0.356 e. The molecule has 1 aromatic heterocycles.